The molecular formula is C24H22ClFN4O. The Labute approximate surface area is 185 Å². The summed E-state index contributed by atoms with van der Waals surface area (Å²) in [5.74, 6) is -0.101. The predicted octanol–water partition coefficient (Wildman–Crippen LogP) is 4.68. The second kappa shape index (κ2) is 6.95. The summed E-state index contributed by atoms with van der Waals surface area (Å²) in [7, 11) is 3.12. The van der Waals surface area contributed by atoms with E-state index >= 15 is 4.39 Å². The topological polar surface area (TPSA) is 71.2 Å². The average Bonchev–Trinajstić information content (AvgIpc) is 3.36. The van der Waals surface area contributed by atoms with Gasteiger partial charge in [-0.3, -0.25) is 4.79 Å². The number of anilines is 2. The number of nitrogens with two attached hydrogens (primary N) is 1. The highest BCUT2D eigenvalue weighted by Gasteiger charge is 2.60. The predicted molar refractivity (Wildman–Crippen MR) is 121 cm³/mol. The number of hydrogen-bond acceptors (Lipinski definition) is 4. The molecule has 2 unspecified atom stereocenters. The number of nitrogens with one attached hydrogen (secondary N) is 1. The molecule has 0 saturated heterocycles. The van der Waals surface area contributed by atoms with Crippen LogP contribution in [0.2, 0.25) is 5.02 Å². The summed E-state index contributed by atoms with van der Waals surface area (Å²) in [5, 5.41) is 3.84. The minimum Gasteiger partial charge on any atom is -0.398 e. The van der Waals surface area contributed by atoms with E-state index in [9.17, 15) is 4.79 Å². The number of aromatic nitrogens is 1. The molecule has 1 amide bonds. The monoisotopic (exact) mass is 436 g/mol. The fraction of sp³-hybridized carbons (Fsp3) is 0.250. The van der Waals surface area contributed by atoms with E-state index in [-0.39, 0.29) is 22.2 Å². The standard InChI is InChI=1S/C24H22ClFN4O/c1-30(2)23(31)18-17(27)9-8-14(21(18)26)15-11-28-22-19(20(15)25)24(12-29-22)10-16(24)13-6-4-3-5-7-13/h3-9,11,16H,10,12,27H2,1-2H3,(H,28,29). The molecular weight excluding hydrogens is 415 g/mol. The lowest BCUT2D eigenvalue weighted by Crippen LogP contribution is -2.24. The Hall–Kier alpha value is -3.12. The van der Waals surface area contributed by atoms with Crippen LogP contribution in [0, 0.1) is 5.82 Å². The number of carbonyl (C=O) groups is 1. The second-order valence-electron chi connectivity index (χ2n) is 8.48. The summed E-state index contributed by atoms with van der Waals surface area (Å²) in [4.78, 5) is 18.3. The molecule has 1 spiro atoms. The third kappa shape index (κ3) is 2.89. The van der Waals surface area contributed by atoms with Gasteiger partial charge in [0.1, 0.15) is 11.6 Å². The number of halogens is 2. The summed E-state index contributed by atoms with van der Waals surface area (Å²) in [6, 6.07) is 13.4. The van der Waals surface area contributed by atoms with Crippen LogP contribution >= 0.6 is 11.6 Å². The molecule has 2 aromatic carbocycles. The Kier molecular flexibility index (Phi) is 4.45. The molecule has 0 radical (unpaired) electrons. The van der Waals surface area contributed by atoms with Crippen LogP contribution in [0.1, 0.15) is 33.8 Å². The van der Waals surface area contributed by atoms with E-state index in [0.29, 0.717) is 16.5 Å². The minimum atomic E-state index is -0.683. The van der Waals surface area contributed by atoms with E-state index in [4.69, 9.17) is 17.3 Å². The average molecular weight is 437 g/mol. The maximum absolute atomic E-state index is 15.5. The number of nitrogen functional groups attached to an aromatic ring is 1. The van der Waals surface area contributed by atoms with Crippen molar-refractivity contribution in [3.8, 4) is 11.1 Å². The molecule has 5 rings (SSSR count). The first-order valence-corrected chi connectivity index (χ1v) is 10.5. The van der Waals surface area contributed by atoms with Crippen molar-refractivity contribution in [1.82, 2.24) is 9.88 Å². The molecule has 2 heterocycles. The molecule has 1 aliphatic carbocycles. The summed E-state index contributed by atoms with van der Waals surface area (Å²) < 4.78 is 15.5. The van der Waals surface area contributed by atoms with Gasteiger partial charge in [-0.2, -0.15) is 0 Å². The van der Waals surface area contributed by atoms with Crippen molar-refractivity contribution in [3.05, 3.63) is 76.2 Å². The third-order valence-corrected chi connectivity index (χ3v) is 6.84. The molecule has 2 aliphatic rings. The lowest BCUT2D eigenvalue weighted by atomic mass is 9.91. The Balaban J connectivity index is 1.62. The summed E-state index contributed by atoms with van der Waals surface area (Å²) >= 11 is 6.90. The van der Waals surface area contributed by atoms with Crippen LogP contribution in [0.4, 0.5) is 15.9 Å². The number of carbonyl (C=O) groups excluding carboxylic acids is 1. The van der Waals surface area contributed by atoms with Crippen molar-refractivity contribution < 1.29 is 9.18 Å². The van der Waals surface area contributed by atoms with E-state index in [0.717, 1.165) is 24.3 Å². The molecule has 0 bridgehead atoms. The first kappa shape index (κ1) is 19.8. The van der Waals surface area contributed by atoms with Crippen LogP contribution in [0.15, 0.2) is 48.7 Å². The third-order valence-electron chi connectivity index (χ3n) is 6.45. The number of nitrogens with zero attached hydrogens (tertiary/aromatic N) is 2. The van der Waals surface area contributed by atoms with E-state index in [1.165, 1.54) is 16.5 Å². The van der Waals surface area contributed by atoms with Crippen LogP contribution in [0.25, 0.3) is 11.1 Å². The number of fused-ring (bicyclic) bond motifs is 2. The minimum absolute atomic E-state index is 0.0923. The van der Waals surface area contributed by atoms with Gasteiger partial charge in [-0.25, -0.2) is 9.37 Å². The zero-order valence-electron chi connectivity index (χ0n) is 17.2. The van der Waals surface area contributed by atoms with Gasteiger partial charge in [0.25, 0.3) is 5.91 Å². The van der Waals surface area contributed by atoms with Crippen LogP contribution in [0.5, 0.6) is 0 Å². The zero-order chi connectivity index (χ0) is 21.9. The van der Waals surface area contributed by atoms with Crippen molar-refractivity contribution in [2.75, 3.05) is 31.7 Å². The van der Waals surface area contributed by atoms with Crippen molar-refractivity contribution in [2.45, 2.75) is 17.8 Å². The Morgan fingerprint density at radius 3 is 2.68 bits per heavy atom. The van der Waals surface area contributed by atoms with E-state index in [1.54, 1.807) is 26.4 Å². The van der Waals surface area contributed by atoms with Gasteiger partial charge >= 0.3 is 0 Å². The number of benzene rings is 2. The van der Waals surface area contributed by atoms with E-state index < -0.39 is 11.7 Å². The molecule has 1 saturated carbocycles. The summed E-state index contributed by atoms with van der Waals surface area (Å²) in [6.45, 7) is 0.743. The van der Waals surface area contributed by atoms with Gasteiger partial charge in [0.05, 0.1) is 10.6 Å². The molecule has 1 aromatic heterocycles. The summed E-state index contributed by atoms with van der Waals surface area (Å²) in [6.07, 6.45) is 2.52. The maximum Gasteiger partial charge on any atom is 0.258 e. The van der Waals surface area contributed by atoms with Crippen LogP contribution < -0.4 is 11.1 Å². The van der Waals surface area contributed by atoms with Crippen molar-refractivity contribution in [2.24, 2.45) is 0 Å². The molecule has 1 aliphatic heterocycles. The SMILES string of the molecule is CN(C)C(=O)c1c(N)ccc(-c2cnc3c(c2Cl)C2(CN3)CC2c2ccccc2)c1F. The number of rotatable bonds is 3. The first-order chi connectivity index (χ1) is 14.8. The van der Waals surface area contributed by atoms with Gasteiger partial charge in [-0.05, 0) is 30.0 Å². The smallest absolute Gasteiger partial charge is 0.258 e. The molecule has 31 heavy (non-hydrogen) atoms. The highest BCUT2D eigenvalue weighted by atomic mass is 35.5. The van der Waals surface area contributed by atoms with E-state index in [1.807, 2.05) is 18.2 Å². The van der Waals surface area contributed by atoms with E-state index in [2.05, 4.69) is 22.4 Å². The number of hydrogen-bond donors (Lipinski definition) is 2. The fourth-order valence-electron chi connectivity index (χ4n) is 4.73. The van der Waals surface area contributed by atoms with Gasteiger partial charge in [0, 0.05) is 54.6 Å². The number of amides is 1. The van der Waals surface area contributed by atoms with Gasteiger partial charge in [-0.15, -0.1) is 0 Å². The molecule has 3 aromatic rings. The normalized spacial score (nSPS) is 21.0. The van der Waals surface area contributed by atoms with Gasteiger partial charge in [-0.1, -0.05) is 41.9 Å². The lowest BCUT2D eigenvalue weighted by molar-refractivity contribution is 0.0824. The molecule has 5 nitrogen and oxygen atoms in total. The maximum atomic E-state index is 15.5. The van der Waals surface area contributed by atoms with Gasteiger partial charge in [0.15, 0.2) is 0 Å². The molecule has 7 heteroatoms. The summed E-state index contributed by atoms with van der Waals surface area (Å²) in [5.41, 5.74) is 8.59. The molecule has 3 N–H and O–H groups in total. The van der Waals surface area contributed by atoms with Crippen LogP contribution in [-0.2, 0) is 5.41 Å². The van der Waals surface area contributed by atoms with Crippen molar-refractivity contribution in [1.29, 1.82) is 0 Å². The lowest BCUT2D eigenvalue weighted by Gasteiger charge is -2.17. The Morgan fingerprint density at radius 1 is 1.23 bits per heavy atom. The fourth-order valence-corrected chi connectivity index (χ4v) is 5.16. The van der Waals surface area contributed by atoms with Gasteiger partial charge < -0.3 is 16.0 Å². The van der Waals surface area contributed by atoms with Crippen LogP contribution in [0.3, 0.4) is 0 Å². The Bertz CT molecular complexity index is 1210. The Morgan fingerprint density at radius 2 is 1.97 bits per heavy atom. The molecule has 1 fully saturated rings. The van der Waals surface area contributed by atoms with Crippen molar-refractivity contribution >= 4 is 29.0 Å². The molecule has 2 atom stereocenters. The highest BCUT2D eigenvalue weighted by Crippen LogP contribution is 2.66. The number of pyridine rings is 1. The quantitative estimate of drug-likeness (QED) is 0.585. The molecule has 158 valence electrons. The van der Waals surface area contributed by atoms with Gasteiger partial charge in [0.2, 0.25) is 0 Å². The first-order valence-electron chi connectivity index (χ1n) is 10.1. The van der Waals surface area contributed by atoms with Crippen molar-refractivity contribution in [3.63, 3.8) is 0 Å². The largest absolute Gasteiger partial charge is 0.398 e. The zero-order valence-corrected chi connectivity index (χ0v) is 18.0. The highest BCUT2D eigenvalue weighted by molar-refractivity contribution is 6.34. The second-order valence-corrected chi connectivity index (χ2v) is 8.86. The van der Waals surface area contributed by atoms with Crippen LogP contribution in [-0.4, -0.2) is 36.4 Å².